The molecule has 1 aromatic heterocycles. The number of sulfonamides is 2. The predicted octanol–water partition coefficient (Wildman–Crippen LogP) is 1.34. The average Bonchev–Trinajstić information content (AvgIpc) is 3.02. The molecule has 0 aliphatic rings. The molecule has 2 N–H and O–H groups in total. The fraction of sp³-hybridized carbons (Fsp3) is 0.312. The van der Waals surface area contributed by atoms with E-state index in [0.717, 1.165) is 15.4 Å². The second kappa shape index (κ2) is 8.48. The number of nitrogens with zero attached hydrogens (tertiary/aromatic N) is 1. The Morgan fingerprint density at radius 2 is 1.81 bits per heavy atom. The summed E-state index contributed by atoms with van der Waals surface area (Å²) in [5.41, 5.74) is 0.372. The van der Waals surface area contributed by atoms with Gasteiger partial charge in [-0.15, -0.1) is 11.3 Å². The molecule has 0 atom stereocenters. The molecular weight excluding hydrogens is 410 g/mol. The number of hydrogen-bond acceptors (Lipinski definition) is 6. The van der Waals surface area contributed by atoms with E-state index < -0.39 is 20.0 Å². The number of carbonyl (C=O) groups excluding carboxylic acids is 1. The van der Waals surface area contributed by atoms with Crippen LogP contribution in [0.4, 0.5) is 5.69 Å². The van der Waals surface area contributed by atoms with Gasteiger partial charge in [0, 0.05) is 31.2 Å². The molecule has 0 aliphatic heterocycles. The van der Waals surface area contributed by atoms with Crippen molar-refractivity contribution >= 4 is 43.0 Å². The van der Waals surface area contributed by atoms with E-state index in [1.54, 1.807) is 24.3 Å². The van der Waals surface area contributed by atoms with Crippen molar-refractivity contribution in [1.29, 1.82) is 0 Å². The normalized spacial score (nSPS) is 12.3. The summed E-state index contributed by atoms with van der Waals surface area (Å²) >= 11 is 1.25. The van der Waals surface area contributed by atoms with Gasteiger partial charge in [0.2, 0.25) is 20.0 Å². The first kappa shape index (κ1) is 21.5. The maximum absolute atomic E-state index is 12.4. The van der Waals surface area contributed by atoms with Crippen LogP contribution in [0.2, 0.25) is 0 Å². The number of rotatable bonds is 8. The van der Waals surface area contributed by atoms with Crippen molar-refractivity contribution in [2.75, 3.05) is 32.2 Å². The standard InChI is InChI=1S/C16H21N3O5S3/c1-19(2)27(23,24)14-6-4-5-12(11-14)18-16(20)15-8-7-13(25-15)9-10-17-26(3,21)22/h4-8,11,17H,9-10H2,1-3H3,(H,18,20). The molecule has 148 valence electrons. The minimum atomic E-state index is -3.59. The lowest BCUT2D eigenvalue weighted by molar-refractivity contribution is 0.103. The number of nitrogens with one attached hydrogen (secondary N) is 2. The molecule has 0 radical (unpaired) electrons. The van der Waals surface area contributed by atoms with Gasteiger partial charge in [-0.2, -0.15) is 0 Å². The molecule has 0 unspecified atom stereocenters. The molecule has 0 bridgehead atoms. The Labute approximate surface area is 163 Å². The van der Waals surface area contributed by atoms with Crippen LogP contribution in [0.15, 0.2) is 41.3 Å². The number of carbonyl (C=O) groups is 1. The van der Waals surface area contributed by atoms with Crippen LogP contribution in [0.25, 0.3) is 0 Å². The van der Waals surface area contributed by atoms with E-state index in [4.69, 9.17) is 0 Å². The van der Waals surface area contributed by atoms with Crippen molar-refractivity contribution in [3.05, 3.63) is 46.2 Å². The summed E-state index contributed by atoms with van der Waals surface area (Å²) in [7, 11) is -3.96. The molecule has 1 heterocycles. The first-order chi connectivity index (χ1) is 12.5. The van der Waals surface area contributed by atoms with E-state index in [2.05, 4.69) is 10.0 Å². The molecule has 27 heavy (non-hydrogen) atoms. The molecule has 1 amide bonds. The highest BCUT2D eigenvalue weighted by Crippen LogP contribution is 2.21. The van der Waals surface area contributed by atoms with Crippen molar-refractivity contribution in [2.45, 2.75) is 11.3 Å². The molecule has 0 saturated heterocycles. The summed E-state index contributed by atoms with van der Waals surface area (Å²) in [5.74, 6) is -0.360. The van der Waals surface area contributed by atoms with Gasteiger partial charge in [-0.1, -0.05) is 6.07 Å². The SMILES string of the molecule is CN(C)S(=O)(=O)c1cccc(NC(=O)c2ccc(CCNS(C)(=O)=O)s2)c1. The maximum atomic E-state index is 12.4. The smallest absolute Gasteiger partial charge is 0.265 e. The van der Waals surface area contributed by atoms with Crippen LogP contribution in [0.3, 0.4) is 0 Å². The zero-order valence-electron chi connectivity index (χ0n) is 15.1. The monoisotopic (exact) mass is 431 g/mol. The number of thiophene rings is 1. The fourth-order valence-electron chi connectivity index (χ4n) is 2.13. The minimum Gasteiger partial charge on any atom is -0.321 e. The molecule has 2 rings (SSSR count). The van der Waals surface area contributed by atoms with E-state index in [-0.39, 0.29) is 17.3 Å². The molecule has 1 aromatic carbocycles. The first-order valence-electron chi connectivity index (χ1n) is 7.86. The van der Waals surface area contributed by atoms with Gasteiger partial charge in [0.15, 0.2) is 0 Å². The van der Waals surface area contributed by atoms with E-state index in [1.807, 2.05) is 0 Å². The Bertz CT molecular complexity index is 1030. The lowest BCUT2D eigenvalue weighted by atomic mass is 10.3. The zero-order chi connectivity index (χ0) is 20.2. The van der Waals surface area contributed by atoms with Crippen LogP contribution in [0.1, 0.15) is 14.5 Å². The number of benzene rings is 1. The summed E-state index contributed by atoms with van der Waals surface area (Å²) in [5, 5.41) is 2.68. The van der Waals surface area contributed by atoms with Crippen molar-refractivity contribution in [1.82, 2.24) is 9.03 Å². The average molecular weight is 432 g/mol. The van der Waals surface area contributed by atoms with E-state index in [9.17, 15) is 21.6 Å². The lowest BCUT2D eigenvalue weighted by Gasteiger charge is -2.12. The summed E-state index contributed by atoms with van der Waals surface area (Å²) in [6.07, 6.45) is 1.56. The Hall–Kier alpha value is -1.79. The van der Waals surface area contributed by atoms with E-state index >= 15 is 0 Å². The molecular formula is C16H21N3O5S3. The van der Waals surface area contributed by atoms with Gasteiger partial charge in [0.05, 0.1) is 16.0 Å². The zero-order valence-corrected chi connectivity index (χ0v) is 17.5. The minimum absolute atomic E-state index is 0.0871. The Morgan fingerprint density at radius 3 is 2.44 bits per heavy atom. The van der Waals surface area contributed by atoms with Gasteiger partial charge in [-0.05, 0) is 36.8 Å². The van der Waals surface area contributed by atoms with Crippen LogP contribution in [0.5, 0.6) is 0 Å². The van der Waals surface area contributed by atoms with Gasteiger partial charge in [0.1, 0.15) is 0 Å². The fourth-order valence-corrected chi connectivity index (χ4v) is 4.46. The third kappa shape index (κ3) is 6.11. The second-order valence-corrected chi connectivity index (χ2v) is 11.1. The number of anilines is 1. The quantitative estimate of drug-likeness (QED) is 0.655. The van der Waals surface area contributed by atoms with Gasteiger partial charge in [0.25, 0.3) is 5.91 Å². The van der Waals surface area contributed by atoms with Crippen molar-refractivity contribution in [3.8, 4) is 0 Å². The highest BCUT2D eigenvalue weighted by atomic mass is 32.2. The summed E-state index contributed by atoms with van der Waals surface area (Å²) in [4.78, 5) is 13.8. The molecule has 2 aromatic rings. The third-order valence-electron chi connectivity index (χ3n) is 3.49. The topological polar surface area (TPSA) is 113 Å². The number of hydrogen-bond donors (Lipinski definition) is 2. The van der Waals surface area contributed by atoms with E-state index in [0.29, 0.717) is 17.0 Å². The molecule has 8 nitrogen and oxygen atoms in total. The van der Waals surface area contributed by atoms with Crippen LogP contribution in [0, 0.1) is 0 Å². The summed E-state index contributed by atoms with van der Waals surface area (Å²) in [6, 6.07) is 9.44. The lowest BCUT2D eigenvalue weighted by Crippen LogP contribution is -2.24. The van der Waals surface area contributed by atoms with Gasteiger partial charge >= 0.3 is 0 Å². The first-order valence-corrected chi connectivity index (χ1v) is 12.0. The number of amides is 1. The second-order valence-electron chi connectivity index (χ2n) is 5.95. The van der Waals surface area contributed by atoms with Crippen LogP contribution in [-0.2, 0) is 26.5 Å². The third-order valence-corrected chi connectivity index (χ3v) is 7.17. The van der Waals surface area contributed by atoms with Gasteiger partial charge < -0.3 is 5.32 Å². The molecule has 0 fully saturated rings. The molecule has 0 saturated carbocycles. The Balaban J connectivity index is 2.06. The highest BCUT2D eigenvalue weighted by Gasteiger charge is 2.18. The summed E-state index contributed by atoms with van der Waals surface area (Å²) in [6.45, 7) is 0.255. The molecule has 0 spiro atoms. The summed E-state index contributed by atoms with van der Waals surface area (Å²) < 4.78 is 50.0. The van der Waals surface area contributed by atoms with Crippen molar-refractivity contribution in [3.63, 3.8) is 0 Å². The van der Waals surface area contributed by atoms with Crippen LogP contribution >= 0.6 is 11.3 Å². The largest absolute Gasteiger partial charge is 0.321 e. The van der Waals surface area contributed by atoms with Crippen molar-refractivity contribution in [2.24, 2.45) is 0 Å². The Morgan fingerprint density at radius 1 is 1.11 bits per heavy atom. The highest BCUT2D eigenvalue weighted by molar-refractivity contribution is 7.89. The van der Waals surface area contributed by atoms with Gasteiger partial charge in [-0.3, -0.25) is 4.79 Å². The predicted molar refractivity (Wildman–Crippen MR) is 106 cm³/mol. The van der Waals surface area contributed by atoms with Crippen LogP contribution in [-0.4, -0.2) is 53.9 Å². The van der Waals surface area contributed by atoms with Gasteiger partial charge in [-0.25, -0.2) is 25.9 Å². The maximum Gasteiger partial charge on any atom is 0.265 e. The van der Waals surface area contributed by atoms with E-state index in [1.165, 1.54) is 37.6 Å². The van der Waals surface area contributed by atoms with Crippen molar-refractivity contribution < 1.29 is 21.6 Å². The molecule has 0 aliphatic carbocycles. The Kier molecular flexibility index (Phi) is 6.76. The van der Waals surface area contributed by atoms with Crippen LogP contribution < -0.4 is 10.0 Å². The molecule has 11 heteroatoms.